The van der Waals surface area contributed by atoms with Crippen molar-refractivity contribution in [3.05, 3.63) is 30.1 Å². The molecule has 0 bridgehead atoms. The summed E-state index contributed by atoms with van der Waals surface area (Å²) in [5.41, 5.74) is 1.09. The summed E-state index contributed by atoms with van der Waals surface area (Å²) in [6, 6.07) is 4.02. The molecule has 6 nitrogen and oxygen atoms in total. The topological polar surface area (TPSA) is 71.5 Å². The van der Waals surface area contributed by atoms with E-state index in [0.717, 1.165) is 26.2 Å². The third kappa shape index (κ3) is 3.32. The van der Waals surface area contributed by atoms with Crippen LogP contribution < -0.4 is 4.72 Å². The maximum Gasteiger partial charge on any atom is 0.211 e. The summed E-state index contributed by atoms with van der Waals surface area (Å²) in [5, 5.41) is 0. The zero-order chi connectivity index (χ0) is 15.6. The number of pyridine rings is 1. The van der Waals surface area contributed by atoms with Gasteiger partial charge in [-0.25, -0.2) is 13.1 Å². The van der Waals surface area contributed by atoms with E-state index in [1.54, 1.807) is 13.1 Å². The van der Waals surface area contributed by atoms with Crippen LogP contribution in [0.1, 0.15) is 12.5 Å². The van der Waals surface area contributed by atoms with Gasteiger partial charge in [-0.2, -0.15) is 0 Å². The highest BCUT2D eigenvalue weighted by Crippen LogP contribution is 2.41. The zero-order valence-corrected chi connectivity index (χ0v) is 13.7. The summed E-state index contributed by atoms with van der Waals surface area (Å²) in [6.07, 6.45) is 3.66. The van der Waals surface area contributed by atoms with Crippen LogP contribution in [0.25, 0.3) is 0 Å². The molecule has 1 N–H and O–H groups in total. The summed E-state index contributed by atoms with van der Waals surface area (Å²) < 4.78 is 31.9. The van der Waals surface area contributed by atoms with E-state index in [1.807, 2.05) is 12.3 Å². The molecule has 1 aromatic rings. The minimum absolute atomic E-state index is 0.0928. The van der Waals surface area contributed by atoms with E-state index in [4.69, 9.17) is 4.74 Å². The normalized spacial score (nSPS) is 28.9. The van der Waals surface area contributed by atoms with Gasteiger partial charge in [-0.3, -0.25) is 9.88 Å². The first-order valence-corrected chi connectivity index (χ1v) is 9.34. The van der Waals surface area contributed by atoms with Gasteiger partial charge in [0.1, 0.15) is 0 Å². The number of nitrogens with one attached hydrogen (secondary N) is 1. The smallest absolute Gasteiger partial charge is 0.211 e. The zero-order valence-electron chi connectivity index (χ0n) is 12.9. The van der Waals surface area contributed by atoms with Crippen LogP contribution >= 0.6 is 0 Å². The molecule has 0 spiro atoms. The third-order valence-corrected chi connectivity index (χ3v) is 6.09. The number of likely N-dealkylation sites (tertiary alicyclic amines) is 1. The van der Waals surface area contributed by atoms with Crippen LogP contribution in [-0.4, -0.2) is 56.9 Å². The Labute approximate surface area is 131 Å². The molecule has 3 rings (SSSR count). The Morgan fingerprint density at radius 1 is 1.55 bits per heavy atom. The van der Waals surface area contributed by atoms with Crippen LogP contribution in [0.5, 0.6) is 0 Å². The van der Waals surface area contributed by atoms with Gasteiger partial charge in [0, 0.05) is 49.9 Å². The SMILES string of the molecule is CCS(=O)(=O)NC[C@]12COC[C@H]1CN(Cc1cccnc1)C2. The van der Waals surface area contributed by atoms with Gasteiger partial charge in [0.25, 0.3) is 0 Å². The molecular weight excluding hydrogens is 302 g/mol. The van der Waals surface area contributed by atoms with Crippen LogP contribution in [-0.2, 0) is 21.3 Å². The van der Waals surface area contributed by atoms with Gasteiger partial charge < -0.3 is 4.74 Å². The minimum Gasteiger partial charge on any atom is -0.380 e. The van der Waals surface area contributed by atoms with Crippen LogP contribution in [0.4, 0.5) is 0 Å². The predicted molar refractivity (Wildman–Crippen MR) is 83.7 cm³/mol. The van der Waals surface area contributed by atoms with Gasteiger partial charge in [0.05, 0.1) is 19.0 Å². The first-order chi connectivity index (χ1) is 10.5. The Hall–Kier alpha value is -1.02. The second-order valence-corrected chi connectivity index (χ2v) is 8.43. The second-order valence-electron chi connectivity index (χ2n) is 6.33. The van der Waals surface area contributed by atoms with Crippen molar-refractivity contribution < 1.29 is 13.2 Å². The summed E-state index contributed by atoms with van der Waals surface area (Å²) in [5.74, 6) is 0.511. The number of sulfonamides is 1. The van der Waals surface area contributed by atoms with Gasteiger partial charge in [-0.15, -0.1) is 0 Å². The van der Waals surface area contributed by atoms with Crippen molar-refractivity contribution in [3.63, 3.8) is 0 Å². The van der Waals surface area contributed by atoms with Crippen molar-refractivity contribution in [1.82, 2.24) is 14.6 Å². The lowest BCUT2D eigenvalue weighted by atomic mass is 9.81. The molecule has 0 amide bonds. The van der Waals surface area contributed by atoms with Gasteiger partial charge in [-0.05, 0) is 18.6 Å². The molecule has 2 aliphatic heterocycles. The van der Waals surface area contributed by atoms with Gasteiger partial charge in [-0.1, -0.05) is 6.07 Å². The first kappa shape index (κ1) is 15.9. The molecule has 0 saturated carbocycles. The Morgan fingerprint density at radius 2 is 2.41 bits per heavy atom. The Morgan fingerprint density at radius 3 is 3.14 bits per heavy atom. The number of hydrogen-bond donors (Lipinski definition) is 1. The first-order valence-electron chi connectivity index (χ1n) is 7.69. The predicted octanol–water partition coefficient (Wildman–Crippen LogP) is 0.469. The van der Waals surface area contributed by atoms with E-state index in [9.17, 15) is 8.42 Å². The molecule has 0 aliphatic carbocycles. The van der Waals surface area contributed by atoms with Crippen molar-refractivity contribution in [3.8, 4) is 0 Å². The Kier molecular flexibility index (Phi) is 4.49. The number of hydrogen-bond acceptors (Lipinski definition) is 5. The molecule has 2 fully saturated rings. The van der Waals surface area contributed by atoms with E-state index >= 15 is 0 Å². The fourth-order valence-electron chi connectivity index (χ4n) is 3.42. The number of fused-ring (bicyclic) bond motifs is 1. The fourth-order valence-corrected chi connectivity index (χ4v) is 4.13. The lowest BCUT2D eigenvalue weighted by Gasteiger charge is -2.27. The van der Waals surface area contributed by atoms with Crippen LogP contribution in [0, 0.1) is 11.3 Å². The molecule has 2 saturated heterocycles. The molecule has 0 radical (unpaired) electrons. The molecule has 22 heavy (non-hydrogen) atoms. The van der Waals surface area contributed by atoms with Gasteiger partial charge >= 0.3 is 0 Å². The van der Waals surface area contributed by atoms with E-state index in [-0.39, 0.29) is 11.2 Å². The molecule has 2 aliphatic rings. The van der Waals surface area contributed by atoms with E-state index in [2.05, 4.69) is 20.7 Å². The molecule has 1 aromatic heterocycles. The van der Waals surface area contributed by atoms with Crippen molar-refractivity contribution >= 4 is 10.0 Å². The summed E-state index contributed by atoms with van der Waals surface area (Å²) >= 11 is 0. The van der Waals surface area contributed by atoms with Crippen LogP contribution in [0.15, 0.2) is 24.5 Å². The summed E-state index contributed by atoms with van der Waals surface area (Å²) in [6.45, 7) is 6.14. The highest BCUT2D eigenvalue weighted by atomic mass is 32.2. The average Bonchev–Trinajstić information content (AvgIpc) is 3.03. The number of aromatic nitrogens is 1. The standard InChI is InChI=1S/C15H23N3O3S/c1-2-22(19,20)17-10-15-11-18(8-14(15)9-21-12-15)7-13-4-3-5-16-6-13/h3-6,14,17H,2,7-12H2,1H3/t14-,15+/m1/s1. The number of nitrogens with zero attached hydrogens (tertiary/aromatic N) is 2. The highest BCUT2D eigenvalue weighted by molar-refractivity contribution is 7.89. The fraction of sp³-hybridized carbons (Fsp3) is 0.667. The van der Waals surface area contributed by atoms with E-state index in [1.165, 1.54) is 5.56 Å². The largest absolute Gasteiger partial charge is 0.380 e. The molecule has 7 heteroatoms. The summed E-state index contributed by atoms with van der Waals surface area (Å²) in [4.78, 5) is 6.53. The minimum atomic E-state index is -3.16. The lowest BCUT2D eigenvalue weighted by molar-refractivity contribution is 0.128. The molecule has 2 atom stereocenters. The van der Waals surface area contributed by atoms with E-state index < -0.39 is 10.0 Å². The molecule has 3 heterocycles. The number of rotatable bonds is 6. The molecule has 0 aromatic carbocycles. The Bertz CT molecular complexity index is 608. The third-order valence-electron chi connectivity index (χ3n) is 4.74. The molecule has 122 valence electrons. The maximum absolute atomic E-state index is 11.7. The maximum atomic E-state index is 11.7. The average molecular weight is 325 g/mol. The van der Waals surface area contributed by atoms with Crippen molar-refractivity contribution in [2.24, 2.45) is 11.3 Å². The second kappa shape index (κ2) is 6.23. The van der Waals surface area contributed by atoms with Crippen LogP contribution in [0.3, 0.4) is 0 Å². The van der Waals surface area contributed by atoms with Crippen molar-refractivity contribution in [2.75, 3.05) is 38.6 Å². The van der Waals surface area contributed by atoms with Crippen molar-refractivity contribution in [2.45, 2.75) is 13.5 Å². The Balaban J connectivity index is 1.66. The molecule has 0 unspecified atom stereocenters. The molecular formula is C15H23N3O3S. The lowest BCUT2D eigenvalue weighted by Crippen LogP contribution is -2.43. The van der Waals surface area contributed by atoms with Gasteiger partial charge in [0.2, 0.25) is 10.0 Å². The van der Waals surface area contributed by atoms with Crippen molar-refractivity contribution in [1.29, 1.82) is 0 Å². The quantitative estimate of drug-likeness (QED) is 0.823. The summed E-state index contributed by atoms with van der Waals surface area (Å²) in [7, 11) is -3.16. The monoisotopic (exact) mass is 325 g/mol. The highest BCUT2D eigenvalue weighted by Gasteiger charge is 2.50. The van der Waals surface area contributed by atoms with Crippen LogP contribution in [0.2, 0.25) is 0 Å². The number of ether oxygens (including phenoxy) is 1. The van der Waals surface area contributed by atoms with E-state index in [0.29, 0.717) is 19.1 Å². The van der Waals surface area contributed by atoms with Gasteiger partial charge in [0.15, 0.2) is 0 Å².